The van der Waals surface area contributed by atoms with Crippen LogP contribution in [-0.4, -0.2) is 19.1 Å². The highest BCUT2D eigenvalue weighted by molar-refractivity contribution is 7.21. The van der Waals surface area contributed by atoms with E-state index in [4.69, 9.17) is 0 Å². The van der Waals surface area contributed by atoms with Crippen molar-refractivity contribution in [3.05, 3.63) is 46.4 Å². The zero-order chi connectivity index (χ0) is 13.6. The monoisotopic (exact) mass is 274 g/mol. The normalized spacial score (nSPS) is 11.1. The topological polar surface area (TPSA) is 33.2 Å². The number of halogens is 1. The lowest BCUT2D eigenvalue weighted by atomic mass is 10.2. The molecular weight excluding hydrogens is 263 g/mol. The van der Waals surface area contributed by atoms with Gasteiger partial charge in [-0.2, -0.15) is 0 Å². The van der Waals surface area contributed by atoms with Crippen LogP contribution in [0.3, 0.4) is 0 Å². The molecule has 0 aromatic heterocycles. The lowest BCUT2D eigenvalue weighted by molar-refractivity contribution is 0.626. The number of hydrogen-bond acceptors (Lipinski definition) is 4. The smallest absolute Gasteiger partial charge is 0.183 e. The van der Waals surface area contributed by atoms with E-state index in [9.17, 15) is 9.18 Å². The summed E-state index contributed by atoms with van der Waals surface area (Å²) in [5.74, 6) is -0.558. The van der Waals surface area contributed by atoms with Crippen molar-refractivity contribution in [2.24, 2.45) is 0 Å². The van der Waals surface area contributed by atoms with Gasteiger partial charge in [0, 0.05) is 31.9 Å². The summed E-state index contributed by atoms with van der Waals surface area (Å²) in [6, 6.07) is 8.20. The lowest BCUT2D eigenvalue weighted by Crippen LogP contribution is -2.08. The van der Waals surface area contributed by atoms with Crippen LogP contribution >= 0.6 is 11.3 Å². The van der Waals surface area contributed by atoms with Crippen LogP contribution < -0.4 is 10.3 Å². The highest BCUT2D eigenvalue weighted by atomic mass is 32.1. The van der Waals surface area contributed by atoms with E-state index in [0.717, 1.165) is 22.0 Å². The standard InChI is InChI=1S/C14H11FN2OS/c1-17(2)8-3-4-11-12(5-8)19-13-7-9(18)6-10(15)14(13)16-11/h3-7H,1-2H3. The van der Waals surface area contributed by atoms with Crippen molar-refractivity contribution in [3.63, 3.8) is 0 Å². The van der Waals surface area contributed by atoms with Crippen molar-refractivity contribution in [2.75, 3.05) is 19.0 Å². The maximum Gasteiger partial charge on any atom is 0.183 e. The predicted molar refractivity (Wildman–Crippen MR) is 76.8 cm³/mol. The molecule has 3 rings (SSSR count). The van der Waals surface area contributed by atoms with Crippen molar-refractivity contribution in [1.82, 2.24) is 4.98 Å². The van der Waals surface area contributed by atoms with Gasteiger partial charge in [-0.15, -0.1) is 11.3 Å². The van der Waals surface area contributed by atoms with E-state index in [0.29, 0.717) is 4.88 Å². The van der Waals surface area contributed by atoms with Crippen LogP contribution in [0.4, 0.5) is 10.1 Å². The molecule has 1 aromatic rings. The van der Waals surface area contributed by atoms with Gasteiger partial charge in [0.1, 0.15) is 5.69 Å². The molecular formula is C14H11FN2OS. The third-order valence-corrected chi connectivity index (χ3v) is 3.99. The van der Waals surface area contributed by atoms with Crippen molar-refractivity contribution in [2.45, 2.75) is 0 Å². The highest BCUT2D eigenvalue weighted by Gasteiger charge is 2.13. The molecule has 19 heavy (non-hydrogen) atoms. The molecule has 0 fully saturated rings. The van der Waals surface area contributed by atoms with E-state index < -0.39 is 5.82 Å². The lowest BCUT2D eigenvalue weighted by Gasteiger charge is -2.13. The molecule has 0 saturated carbocycles. The van der Waals surface area contributed by atoms with Crippen molar-refractivity contribution >= 4 is 27.2 Å². The summed E-state index contributed by atoms with van der Waals surface area (Å²) in [5, 5.41) is 0. The third kappa shape index (κ3) is 2.06. The first kappa shape index (κ1) is 12.0. The van der Waals surface area contributed by atoms with Gasteiger partial charge in [-0.25, -0.2) is 9.37 Å². The van der Waals surface area contributed by atoms with Gasteiger partial charge in [-0.1, -0.05) is 0 Å². The Kier molecular flexibility index (Phi) is 2.71. The summed E-state index contributed by atoms with van der Waals surface area (Å²) in [7, 11) is 3.91. The minimum Gasteiger partial charge on any atom is -0.378 e. The number of rotatable bonds is 1. The quantitative estimate of drug-likeness (QED) is 0.640. The van der Waals surface area contributed by atoms with E-state index in [1.807, 2.05) is 37.2 Å². The molecule has 0 bridgehead atoms. The summed E-state index contributed by atoms with van der Waals surface area (Å²) < 4.78 is 14.7. The summed E-state index contributed by atoms with van der Waals surface area (Å²) >= 11 is 1.38. The largest absolute Gasteiger partial charge is 0.378 e. The fourth-order valence-corrected chi connectivity index (χ4v) is 2.98. The first-order chi connectivity index (χ1) is 9.04. The van der Waals surface area contributed by atoms with Crippen LogP contribution in [-0.2, 0) is 0 Å². The number of hydrogen-bond donors (Lipinski definition) is 0. The summed E-state index contributed by atoms with van der Waals surface area (Å²) in [6.45, 7) is 0. The maximum atomic E-state index is 13.7. The van der Waals surface area contributed by atoms with E-state index in [1.54, 1.807) is 0 Å². The number of fused-ring (bicyclic) bond motifs is 2. The van der Waals surface area contributed by atoms with Gasteiger partial charge in [-0.05, 0) is 18.2 Å². The first-order valence-corrected chi connectivity index (χ1v) is 6.58. The predicted octanol–water partition coefficient (Wildman–Crippen LogP) is 2.97. The summed E-state index contributed by atoms with van der Waals surface area (Å²) in [4.78, 5) is 18.2. The molecule has 0 N–H and O–H groups in total. The Morgan fingerprint density at radius 1 is 1.21 bits per heavy atom. The molecule has 0 radical (unpaired) electrons. The van der Waals surface area contributed by atoms with Gasteiger partial charge in [0.15, 0.2) is 11.2 Å². The first-order valence-electron chi connectivity index (χ1n) is 5.76. The number of anilines is 1. The molecule has 0 atom stereocenters. The van der Waals surface area contributed by atoms with Gasteiger partial charge in [0.25, 0.3) is 0 Å². The summed E-state index contributed by atoms with van der Waals surface area (Å²) in [6.07, 6.45) is 0. The molecule has 0 saturated heterocycles. The molecule has 0 unspecified atom stereocenters. The van der Waals surface area contributed by atoms with Crippen LogP contribution in [0.5, 0.6) is 0 Å². The fraction of sp³-hybridized carbons (Fsp3) is 0.143. The van der Waals surface area contributed by atoms with E-state index >= 15 is 0 Å². The molecule has 5 heteroatoms. The van der Waals surface area contributed by atoms with Crippen molar-refractivity contribution in [3.8, 4) is 10.6 Å². The van der Waals surface area contributed by atoms with Crippen molar-refractivity contribution in [1.29, 1.82) is 0 Å². The average molecular weight is 274 g/mol. The van der Waals surface area contributed by atoms with Crippen LogP contribution in [0.2, 0.25) is 0 Å². The van der Waals surface area contributed by atoms with Crippen LogP contribution in [0.1, 0.15) is 0 Å². The molecule has 1 aliphatic heterocycles. The van der Waals surface area contributed by atoms with Gasteiger partial charge in [-0.3, -0.25) is 4.79 Å². The average Bonchev–Trinajstić information content (AvgIpc) is 2.35. The molecule has 0 spiro atoms. The third-order valence-electron chi connectivity index (χ3n) is 2.91. The van der Waals surface area contributed by atoms with Gasteiger partial charge < -0.3 is 4.90 Å². The van der Waals surface area contributed by atoms with Gasteiger partial charge in [0.2, 0.25) is 0 Å². The van der Waals surface area contributed by atoms with E-state index in [2.05, 4.69) is 4.98 Å². The van der Waals surface area contributed by atoms with Crippen molar-refractivity contribution < 1.29 is 4.39 Å². The SMILES string of the molecule is CN(C)c1ccc2nc3c(F)cc(=O)cc-3sc2c1. The zero-order valence-corrected chi connectivity index (χ0v) is 11.3. The van der Waals surface area contributed by atoms with E-state index in [1.165, 1.54) is 17.4 Å². The Balaban J connectivity index is 2.36. The number of nitrogens with zero attached hydrogens (tertiary/aromatic N) is 2. The number of benzene rings is 2. The minimum atomic E-state index is -0.558. The second-order valence-corrected chi connectivity index (χ2v) is 5.60. The minimum absolute atomic E-state index is 0.259. The fourth-order valence-electron chi connectivity index (χ4n) is 1.93. The highest BCUT2D eigenvalue weighted by Crippen LogP contribution is 2.32. The Morgan fingerprint density at radius 3 is 2.74 bits per heavy atom. The van der Waals surface area contributed by atoms with E-state index in [-0.39, 0.29) is 11.1 Å². The second kappa shape index (κ2) is 4.28. The second-order valence-electron chi connectivity index (χ2n) is 4.51. The molecule has 2 aliphatic rings. The molecule has 1 heterocycles. The molecule has 96 valence electrons. The van der Waals surface area contributed by atoms with Crippen LogP contribution in [0.25, 0.3) is 20.8 Å². The Labute approximate surface area is 113 Å². The molecule has 0 amide bonds. The van der Waals surface area contributed by atoms with Crippen LogP contribution in [0, 0.1) is 5.82 Å². The van der Waals surface area contributed by atoms with Gasteiger partial charge in [0.05, 0.1) is 15.1 Å². The molecule has 1 aliphatic carbocycles. The Bertz CT molecular complexity index is 797. The summed E-state index contributed by atoms with van der Waals surface area (Å²) in [5.41, 5.74) is 1.71. The van der Waals surface area contributed by atoms with Crippen LogP contribution in [0.15, 0.2) is 35.1 Å². The molecule has 1 aromatic carbocycles. The number of aromatic nitrogens is 1. The molecule has 3 nitrogen and oxygen atoms in total. The zero-order valence-electron chi connectivity index (χ0n) is 10.5. The Morgan fingerprint density at radius 2 is 2.00 bits per heavy atom. The maximum absolute atomic E-state index is 13.7. The Hall–Kier alpha value is -2.01. The van der Waals surface area contributed by atoms with Gasteiger partial charge >= 0.3 is 0 Å².